The maximum absolute atomic E-state index is 8.11. The van der Waals surface area contributed by atoms with Gasteiger partial charge in [-0.05, 0) is 18.8 Å². The molecule has 0 saturated heterocycles. The van der Waals surface area contributed by atoms with E-state index in [-0.39, 0.29) is 0 Å². The van der Waals surface area contributed by atoms with Crippen LogP contribution in [0.2, 0.25) is 0 Å². The van der Waals surface area contributed by atoms with Crippen molar-refractivity contribution in [2.24, 2.45) is 5.34 Å². The van der Waals surface area contributed by atoms with Crippen LogP contribution in [0.15, 0.2) is 5.34 Å². The zero-order chi connectivity index (χ0) is 5.41. The molecule has 0 aliphatic carbocycles. The van der Waals surface area contributed by atoms with Gasteiger partial charge in [0.15, 0.2) is 5.34 Å². The van der Waals surface area contributed by atoms with Crippen molar-refractivity contribution in [1.82, 2.24) is 4.84 Å². The van der Waals surface area contributed by atoms with Crippen LogP contribution in [0.3, 0.4) is 0 Å². The highest BCUT2D eigenvalue weighted by atomic mass is 35.5. The molecule has 0 unspecified atom stereocenters. The Morgan fingerprint density at radius 1 is 2.00 bits per heavy atom. The fourth-order valence-electron chi connectivity index (χ4n) is 0. The Balaban J connectivity index is 0. The van der Waals surface area contributed by atoms with Crippen LogP contribution in [0.1, 0.15) is 0 Å². The zero-order valence-electron chi connectivity index (χ0n) is 3.18. The molecular formula is CH5ClN2O2. The van der Waals surface area contributed by atoms with Crippen LogP contribution in [0, 0.1) is 4.91 Å². The average molecular weight is 113 g/mol. The first kappa shape index (κ1) is 9.17. The molecule has 0 bridgehead atoms. The van der Waals surface area contributed by atoms with Gasteiger partial charge in [-0.2, -0.15) is 0 Å². The molecule has 6 heavy (non-hydrogen) atoms. The van der Waals surface area contributed by atoms with Crippen LogP contribution in [0.5, 0.6) is 0 Å². The SMILES string of the molecule is CNCl.O=NO. The third-order valence-corrected chi connectivity index (χ3v) is 0. The van der Waals surface area contributed by atoms with E-state index >= 15 is 0 Å². The summed E-state index contributed by atoms with van der Waals surface area (Å²) in [6.45, 7) is 0. The summed E-state index contributed by atoms with van der Waals surface area (Å²) in [5.41, 5.74) is 0. The van der Waals surface area contributed by atoms with Crippen molar-refractivity contribution in [1.29, 1.82) is 0 Å². The molecule has 2 N–H and O–H groups in total. The molecule has 0 aromatic rings. The van der Waals surface area contributed by atoms with E-state index in [0.717, 1.165) is 0 Å². The van der Waals surface area contributed by atoms with Crippen molar-refractivity contribution in [3.63, 3.8) is 0 Å². The molecule has 0 atom stereocenters. The zero-order valence-corrected chi connectivity index (χ0v) is 3.94. The smallest absolute Gasteiger partial charge is 0.152 e. The van der Waals surface area contributed by atoms with Gasteiger partial charge < -0.3 is 5.21 Å². The normalized spacial score (nSPS) is 5.00. The Morgan fingerprint density at radius 2 is 2.00 bits per heavy atom. The Labute approximate surface area is 40.2 Å². The highest BCUT2D eigenvalue weighted by molar-refractivity contribution is 6.13. The molecule has 5 heteroatoms. The lowest BCUT2D eigenvalue weighted by Crippen LogP contribution is -1.76. The first-order chi connectivity index (χ1) is 2.83. The molecule has 0 saturated carbocycles. The summed E-state index contributed by atoms with van der Waals surface area (Å²) in [7, 11) is 1.64. The lowest BCUT2D eigenvalue weighted by molar-refractivity contribution is 0.312. The van der Waals surface area contributed by atoms with Crippen LogP contribution in [-0.2, 0) is 0 Å². The molecule has 0 fully saturated rings. The van der Waals surface area contributed by atoms with Gasteiger partial charge in [-0.3, -0.25) is 0 Å². The third-order valence-electron chi connectivity index (χ3n) is 0. The van der Waals surface area contributed by atoms with Gasteiger partial charge in [0.25, 0.3) is 0 Å². The predicted octanol–water partition coefficient (Wildman–Crippen LogP) is 0.502. The maximum atomic E-state index is 8.11. The average Bonchev–Trinajstić information content (AvgIpc) is 1.39. The molecule has 0 amide bonds. The predicted molar refractivity (Wildman–Crippen MR) is 22.5 cm³/mol. The van der Waals surface area contributed by atoms with E-state index in [0.29, 0.717) is 0 Å². The summed E-state index contributed by atoms with van der Waals surface area (Å²) < 4.78 is 0. The standard InChI is InChI=1S/CH4ClN.HNO2/c1-3-2;2-1-3/h3H,1H3;(H,2,3). The quantitative estimate of drug-likeness (QED) is 0.273. The van der Waals surface area contributed by atoms with Gasteiger partial charge in [0.2, 0.25) is 0 Å². The summed E-state index contributed by atoms with van der Waals surface area (Å²) in [6.07, 6.45) is 0. The lowest BCUT2D eigenvalue weighted by Gasteiger charge is -1.54. The minimum atomic E-state index is 1.25. The van der Waals surface area contributed by atoms with E-state index in [1.165, 1.54) is 5.34 Å². The Morgan fingerprint density at radius 3 is 2.00 bits per heavy atom. The van der Waals surface area contributed by atoms with Crippen LogP contribution >= 0.6 is 11.8 Å². The summed E-state index contributed by atoms with van der Waals surface area (Å²) in [5, 5.41) is 7.89. The van der Waals surface area contributed by atoms with Crippen LogP contribution < -0.4 is 4.84 Å². The Hall–Kier alpha value is -0.350. The molecule has 4 nitrogen and oxygen atoms in total. The van der Waals surface area contributed by atoms with Gasteiger partial charge in [0.1, 0.15) is 0 Å². The second-order valence-electron chi connectivity index (χ2n) is 0.271. The van der Waals surface area contributed by atoms with E-state index in [1.54, 1.807) is 7.05 Å². The minimum absolute atomic E-state index is 1.25. The molecular weight excluding hydrogens is 107 g/mol. The fourth-order valence-corrected chi connectivity index (χ4v) is 0. The summed E-state index contributed by atoms with van der Waals surface area (Å²) in [4.78, 5) is 10.3. The van der Waals surface area contributed by atoms with Gasteiger partial charge in [-0.15, -0.1) is 4.91 Å². The molecule has 0 heterocycles. The minimum Gasteiger partial charge on any atom is -0.379 e. The number of hydrogen-bond donors (Lipinski definition) is 2. The van der Waals surface area contributed by atoms with Gasteiger partial charge in [-0.1, -0.05) is 0 Å². The van der Waals surface area contributed by atoms with Crippen molar-refractivity contribution in [3.05, 3.63) is 4.91 Å². The fraction of sp³-hybridized carbons (Fsp3) is 1.00. The highest BCUT2D eigenvalue weighted by Crippen LogP contribution is 1.38. The van der Waals surface area contributed by atoms with E-state index in [1.807, 2.05) is 0 Å². The number of nitrogens with one attached hydrogen (secondary N) is 1. The van der Waals surface area contributed by atoms with Crippen molar-refractivity contribution >= 4 is 11.8 Å². The van der Waals surface area contributed by atoms with E-state index in [9.17, 15) is 0 Å². The van der Waals surface area contributed by atoms with Gasteiger partial charge in [0.05, 0.1) is 0 Å². The monoisotopic (exact) mass is 112 g/mol. The van der Waals surface area contributed by atoms with Crippen LogP contribution in [0.25, 0.3) is 0 Å². The van der Waals surface area contributed by atoms with Crippen LogP contribution in [-0.4, -0.2) is 12.3 Å². The Bertz CT molecular complexity index is 25.5. The van der Waals surface area contributed by atoms with E-state index < -0.39 is 0 Å². The molecule has 0 aromatic carbocycles. The Kier molecular flexibility index (Phi) is 34.8. The second-order valence-corrected chi connectivity index (χ2v) is 0.649. The molecule has 0 aromatic heterocycles. The molecule has 0 rings (SSSR count). The number of hydrogen-bond acceptors (Lipinski definition) is 3. The van der Waals surface area contributed by atoms with Gasteiger partial charge in [0, 0.05) is 0 Å². The molecule has 0 radical (unpaired) electrons. The second kappa shape index (κ2) is 22.8. The molecule has 38 valence electrons. The highest BCUT2D eigenvalue weighted by Gasteiger charge is 1.29. The molecule has 0 spiro atoms. The number of halogens is 1. The maximum Gasteiger partial charge on any atom is 0.152 e. The largest absolute Gasteiger partial charge is 0.379 e. The summed E-state index contributed by atoms with van der Waals surface area (Å²) in [6, 6.07) is 0. The summed E-state index contributed by atoms with van der Waals surface area (Å²) in [5.74, 6) is 0. The van der Waals surface area contributed by atoms with Crippen molar-refractivity contribution in [2.45, 2.75) is 0 Å². The first-order valence-electron chi connectivity index (χ1n) is 1.07. The number of nitrogens with zero attached hydrogens (tertiary/aromatic N) is 1. The first-order valence-corrected chi connectivity index (χ1v) is 1.45. The molecule has 0 aliphatic heterocycles. The van der Waals surface area contributed by atoms with Gasteiger partial charge >= 0.3 is 0 Å². The van der Waals surface area contributed by atoms with E-state index in [2.05, 4.69) is 4.84 Å². The topological polar surface area (TPSA) is 61.7 Å². The van der Waals surface area contributed by atoms with Crippen molar-refractivity contribution in [2.75, 3.05) is 7.05 Å². The van der Waals surface area contributed by atoms with E-state index in [4.69, 9.17) is 21.9 Å². The van der Waals surface area contributed by atoms with Crippen molar-refractivity contribution < 1.29 is 5.21 Å². The van der Waals surface area contributed by atoms with Crippen molar-refractivity contribution in [3.8, 4) is 0 Å². The summed E-state index contributed by atoms with van der Waals surface area (Å²) >= 11 is 4.75. The van der Waals surface area contributed by atoms with Crippen LogP contribution in [0.4, 0.5) is 0 Å². The lowest BCUT2D eigenvalue weighted by atomic mass is 11.6. The third kappa shape index (κ3) is 209. The van der Waals surface area contributed by atoms with Gasteiger partial charge in [-0.25, -0.2) is 4.84 Å². The molecule has 0 aliphatic rings. The number of rotatable bonds is 0.